The smallest absolute Gasteiger partial charge is 0.353 e. The molecular weight excluding hydrogens is 244 g/mol. The highest BCUT2D eigenvalue weighted by Crippen LogP contribution is 2.34. The summed E-state index contributed by atoms with van der Waals surface area (Å²) in [6.07, 6.45) is 0. The number of rotatable bonds is 1. The minimum atomic E-state index is -1.42. The van der Waals surface area contributed by atoms with Gasteiger partial charge in [-0.3, -0.25) is 13.9 Å². The number of carbonyl (C=O) groups excluding carboxylic acids is 1. The van der Waals surface area contributed by atoms with Crippen LogP contribution in [-0.4, -0.2) is 43.3 Å². The minimum absolute atomic E-state index is 0.0642. The Morgan fingerprint density at radius 1 is 1.67 bits per heavy atom. The Hall–Kier alpha value is -0.920. The van der Waals surface area contributed by atoms with Gasteiger partial charge in [0, 0.05) is 0 Å². The first-order chi connectivity index (χ1) is 6.95. The van der Waals surface area contributed by atoms with E-state index in [4.69, 9.17) is 22.4 Å². The number of nitrogens with zero attached hydrogens (tertiary/aromatic N) is 1. The zero-order valence-electron chi connectivity index (χ0n) is 7.34. The number of aliphatic carboxylic acids is 1. The number of hydrogen-bond donors (Lipinski definition) is 2. The van der Waals surface area contributed by atoms with Gasteiger partial charge in [-0.05, 0) is 0 Å². The van der Waals surface area contributed by atoms with Crippen LogP contribution in [0.1, 0.15) is 0 Å². The second-order valence-corrected chi connectivity index (χ2v) is 5.20. The largest absolute Gasteiger partial charge is 0.477 e. The third kappa shape index (κ3) is 1.30. The first kappa shape index (κ1) is 10.6. The van der Waals surface area contributed by atoms with Crippen molar-refractivity contribution in [1.82, 2.24) is 4.90 Å². The van der Waals surface area contributed by atoms with Gasteiger partial charge in [-0.25, -0.2) is 4.79 Å². The lowest BCUT2D eigenvalue weighted by Gasteiger charge is -2.46. The molecule has 2 aliphatic heterocycles. The second-order valence-electron chi connectivity index (χ2n) is 3.21. The lowest BCUT2D eigenvalue weighted by molar-refractivity contribution is -0.148. The van der Waals surface area contributed by atoms with Crippen molar-refractivity contribution in [1.29, 1.82) is 0 Å². The van der Waals surface area contributed by atoms with Gasteiger partial charge in [-0.2, -0.15) is 0 Å². The Kier molecular flexibility index (Phi) is 2.32. The van der Waals surface area contributed by atoms with Crippen molar-refractivity contribution in [3.63, 3.8) is 0 Å². The minimum Gasteiger partial charge on any atom is -0.477 e. The third-order valence-corrected chi connectivity index (χ3v) is 4.41. The zero-order chi connectivity index (χ0) is 11.3. The van der Waals surface area contributed by atoms with Gasteiger partial charge in [-0.15, -0.1) is 0 Å². The maximum Gasteiger partial charge on any atom is 0.353 e. The number of amides is 1. The van der Waals surface area contributed by atoms with Crippen molar-refractivity contribution < 1.29 is 18.9 Å². The van der Waals surface area contributed by atoms with E-state index in [0.29, 0.717) is 0 Å². The van der Waals surface area contributed by atoms with Crippen molar-refractivity contribution in [2.24, 2.45) is 5.73 Å². The van der Waals surface area contributed by atoms with Crippen LogP contribution >= 0.6 is 11.6 Å². The normalized spacial score (nSPS) is 34.9. The zero-order valence-corrected chi connectivity index (χ0v) is 8.92. The van der Waals surface area contributed by atoms with E-state index in [0.717, 1.165) is 4.90 Å². The lowest BCUT2D eigenvalue weighted by atomic mass is 10.1. The first-order valence-corrected chi connectivity index (χ1v) is 5.79. The van der Waals surface area contributed by atoms with Crippen molar-refractivity contribution in [2.75, 3.05) is 5.75 Å². The number of hydrogen-bond acceptors (Lipinski definition) is 4. The maximum atomic E-state index is 11.5. The van der Waals surface area contributed by atoms with Crippen LogP contribution < -0.4 is 5.73 Å². The van der Waals surface area contributed by atoms with E-state index < -0.39 is 34.1 Å². The molecule has 0 aromatic heterocycles. The van der Waals surface area contributed by atoms with Crippen LogP contribution in [0.15, 0.2) is 10.7 Å². The summed E-state index contributed by atoms with van der Waals surface area (Å²) in [5.74, 6) is -1.92. The Balaban J connectivity index is 2.46. The molecule has 3 N–H and O–H groups in total. The molecule has 2 aliphatic rings. The summed E-state index contributed by atoms with van der Waals surface area (Å²) in [7, 11) is -1.42. The molecule has 0 aromatic rings. The standard InChI is InChI=1S/C7H7ClN2O4S/c8-2-1-15(14)6-3(9)5(11)10(6)4(2)7(12)13/h3,6H,1,9H2,(H,12,13)/t3-,6-,15?/m1/s1. The first-order valence-electron chi connectivity index (χ1n) is 4.03. The summed E-state index contributed by atoms with van der Waals surface area (Å²) in [6.45, 7) is 0. The molecule has 6 nitrogen and oxygen atoms in total. The van der Waals surface area contributed by atoms with Crippen LogP contribution in [-0.2, 0) is 20.4 Å². The number of β-lactam (4-membered cyclic amide) rings is 1. The van der Waals surface area contributed by atoms with Crippen molar-refractivity contribution in [3.05, 3.63) is 10.7 Å². The molecule has 1 unspecified atom stereocenters. The highest BCUT2D eigenvalue weighted by atomic mass is 35.5. The molecule has 1 fully saturated rings. The Morgan fingerprint density at radius 3 is 2.80 bits per heavy atom. The molecule has 3 atom stereocenters. The quantitative estimate of drug-likeness (QED) is 0.568. The summed E-state index contributed by atoms with van der Waals surface area (Å²) in [5.41, 5.74) is 5.13. The van der Waals surface area contributed by atoms with Gasteiger partial charge in [0.1, 0.15) is 17.1 Å². The van der Waals surface area contributed by atoms with Crippen LogP contribution in [0.5, 0.6) is 0 Å². The van der Waals surface area contributed by atoms with Gasteiger partial charge in [-0.1, -0.05) is 11.6 Å². The number of nitrogens with two attached hydrogens (primary N) is 1. The van der Waals surface area contributed by atoms with E-state index in [9.17, 15) is 13.8 Å². The average molecular weight is 251 g/mol. The number of carboxylic acids is 1. The van der Waals surface area contributed by atoms with Gasteiger partial charge in [0.05, 0.1) is 21.6 Å². The summed E-state index contributed by atoms with van der Waals surface area (Å²) >= 11 is 5.65. The predicted octanol–water partition coefficient (Wildman–Crippen LogP) is -1.22. The van der Waals surface area contributed by atoms with E-state index in [1.165, 1.54) is 0 Å². The number of carbonyl (C=O) groups is 2. The molecule has 0 spiro atoms. The second kappa shape index (κ2) is 3.29. The maximum absolute atomic E-state index is 11.5. The summed E-state index contributed by atoms with van der Waals surface area (Å²) in [5, 5.41) is 8.03. The molecule has 1 amide bonds. The molecule has 8 heteroatoms. The SMILES string of the molecule is N[C@@H]1C(=O)N2C(C(=O)O)=C(Cl)CS(=O)[C@H]12. The monoisotopic (exact) mass is 250 g/mol. The molecule has 2 heterocycles. The van der Waals surface area contributed by atoms with Crippen LogP contribution in [0.3, 0.4) is 0 Å². The van der Waals surface area contributed by atoms with Crippen LogP contribution in [0.25, 0.3) is 0 Å². The Labute approximate surface area is 92.1 Å². The van der Waals surface area contributed by atoms with E-state index in [1.54, 1.807) is 0 Å². The van der Waals surface area contributed by atoms with E-state index in [-0.39, 0.29) is 16.5 Å². The molecule has 0 saturated carbocycles. The molecule has 0 bridgehead atoms. The lowest BCUT2D eigenvalue weighted by Crippen LogP contribution is -2.71. The predicted molar refractivity (Wildman–Crippen MR) is 52.1 cm³/mol. The van der Waals surface area contributed by atoms with E-state index >= 15 is 0 Å². The molecule has 1 saturated heterocycles. The molecule has 0 aliphatic carbocycles. The highest BCUT2D eigenvalue weighted by molar-refractivity contribution is 7.86. The Bertz CT molecular complexity index is 421. The fourth-order valence-corrected chi connectivity index (χ4v) is 3.57. The topological polar surface area (TPSA) is 101 Å². The van der Waals surface area contributed by atoms with Gasteiger partial charge in [0.25, 0.3) is 0 Å². The number of fused-ring (bicyclic) bond motifs is 1. The molecule has 0 radical (unpaired) electrons. The van der Waals surface area contributed by atoms with Crippen molar-refractivity contribution in [3.8, 4) is 0 Å². The molecule has 15 heavy (non-hydrogen) atoms. The average Bonchev–Trinajstić information content (AvgIpc) is 2.15. The number of halogens is 1. The van der Waals surface area contributed by atoms with Crippen LogP contribution in [0, 0.1) is 0 Å². The van der Waals surface area contributed by atoms with Crippen molar-refractivity contribution >= 4 is 34.3 Å². The van der Waals surface area contributed by atoms with Crippen LogP contribution in [0.2, 0.25) is 0 Å². The Morgan fingerprint density at radius 2 is 2.27 bits per heavy atom. The van der Waals surface area contributed by atoms with Gasteiger partial charge in [0.2, 0.25) is 5.91 Å². The third-order valence-electron chi connectivity index (χ3n) is 2.32. The van der Waals surface area contributed by atoms with Gasteiger partial charge < -0.3 is 10.8 Å². The molecule has 82 valence electrons. The molecule has 0 aromatic carbocycles. The fourth-order valence-electron chi connectivity index (χ4n) is 1.63. The van der Waals surface area contributed by atoms with Crippen LogP contribution in [0.4, 0.5) is 0 Å². The summed E-state index contributed by atoms with van der Waals surface area (Å²) in [6, 6.07) is -0.884. The van der Waals surface area contributed by atoms with Gasteiger partial charge >= 0.3 is 5.97 Å². The van der Waals surface area contributed by atoms with E-state index in [2.05, 4.69) is 0 Å². The fraction of sp³-hybridized carbons (Fsp3) is 0.429. The summed E-state index contributed by atoms with van der Waals surface area (Å²) in [4.78, 5) is 23.1. The summed E-state index contributed by atoms with van der Waals surface area (Å²) < 4.78 is 11.5. The molecular formula is C7H7ClN2O4S. The highest BCUT2D eigenvalue weighted by Gasteiger charge is 2.54. The van der Waals surface area contributed by atoms with E-state index in [1.807, 2.05) is 0 Å². The molecule has 2 rings (SSSR count). The number of carboxylic acid groups (broad SMARTS) is 1. The van der Waals surface area contributed by atoms with Gasteiger partial charge in [0.15, 0.2) is 0 Å². The van der Waals surface area contributed by atoms with Crippen molar-refractivity contribution in [2.45, 2.75) is 11.4 Å².